The fourth-order valence-corrected chi connectivity index (χ4v) is 2.79. The first-order valence-electron chi connectivity index (χ1n) is 5.60. The largest absolute Gasteiger partial charge is 0.479 e. The van der Waals surface area contributed by atoms with Crippen molar-refractivity contribution in [2.24, 2.45) is 10.8 Å². The van der Waals surface area contributed by atoms with Crippen molar-refractivity contribution in [3.8, 4) is 0 Å². The fraction of sp³-hybridized carbons (Fsp3) is 1.00. The molecule has 0 spiro atoms. The third-order valence-electron chi connectivity index (χ3n) is 1.44. The molecule has 0 saturated heterocycles. The molecule has 0 aromatic heterocycles. The van der Waals surface area contributed by atoms with Crippen LogP contribution in [0.3, 0.4) is 0 Å². The summed E-state index contributed by atoms with van der Waals surface area (Å²) in [5.41, 5.74) is -0.440. The molecule has 0 fully saturated rings. The van der Waals surface area contributed by atoms with Crippen LogP contribution in [0.2, 0.25) is 0 Å². The van der Waals surface area contributed by atoms with Gasteiger partial charge in [0.25, 0.3) is 0 Å². The Bertz CT molecular complexity index is 294. The molecule has 0 radical (unpaired) electrons. The predicted molar refractivity (Wildman–Crippen MR) is 70.9 cm³/mol. The van der Waals surface area contributed by atoms with Gasteiger partial charge in [0.2, 0.25) is 0 Å². The fourth-order valence-electron chi connectivity index (χ4n) is 0.659. The molecule has 6 nitrogen and oxygen atoms in total. The van der Waals surface area contributed by atoms with Gasteiger partial charge in [-0.25, -0.2) is 8.88 Å². The molecule has 0 rings (SSSR count). The number of rotatable bonds is 6. The molecule has 0 aliphatic carbocycles. The molecule has 110 valence electrons. The van der Waals surface area contributed by atoms with Gasteiger partial charge in [0.05, 0.1) is 13.2 Å². The molecule has 0 aromatic rings. The molecule has 2 unspecified atom stereocenters. The van der Waals surface area contributed by atoms with E-state index in [-0.39, 0.29) is 24.0 Å². The van der Waals surface area contributed by atoms with Gasteiger partial charge in [-0.3, -0.25) is 4.52 Å². The minimum Gasteiger partial charge on any atom is -0.328 e. The smallest absolute Gasteiger partial charge is 0.328 e. The second-order valence-electron chi connectivity index (χ2n) is 6.46. The standard InChI is InChI=1S/C10H24O6P2/c1-9(2,3)7-14-17(11)16-18(12,13)15-8-10(4,5)6/h11H,7-8H2,1-6H3,(H,12,13). The monoisotopic (exact) mass is 302 g/mol. The van der Waals surface area contributed by atoms with E-state index in [1.165, 1.54) is 0 Å². The average molecular weight is 302 g/mol. The third-order valence-corrected chi connectivity index (χ3v) is 3.63. The van der Waals surface area contributed by atoms with Crippen molar-refractivity contribution in [1.82, 2.24) is 0 Å². The van der Waals surface area contributed by atoms with E-state index in [1.54, 1.807) is 0 Å². The van der Waals surface area contributed by atoms with Gasteiger partial charge in [0, 0.05) is 0 Å². The van der Waals surface area contributed by atoms with Crippen molar-refractivity contribution < 1.29 is 27.7 Å². The van der Waals surface area contributed by atoms with Crippen molar-refractivity contribution in [1.29, 1.82) is 0 Å². The first kappa shape index (κ1) is 18.5. The van der Waals surface area contributed by atoms with Crippen LogP contribution in [0.15, 0.2) is 0 Å². The summed E-state index contributed by atoms with van der Waals surface area (Å²) in [6.45, 7) is 11.5. The highest BCUT2D eigenvalue weighted by Gasteiger charge is 2.30. The Kier molecular flexibility index (Phi) is 6.93. The summed E-state index contributed by atoms with van der Waals surface area (Å²) < 4.78 is 25.7. The van der Waals surface area contributed by atoms with Crippen LogP contribution < -0.4 is 0 Å². The van der Waals surface area contributed by atoms with Gasteiger partial charge in [-0.15, -0.1) is 0 Å². The molecule has 0 amide bonds. The van der Waals surface area contributed by atoms with Gasteiger partial charge in [-0.05, 0) is 10.8 Å². The normalized spacial score (nSPS) is 18.4. The highest BCUT2D eigenvalue weighted by atomic mass is 31.3. The van der Waals surface area contributed by atoms with Gasteiger partial charge in [-0.1, -0.05) is 41.5 Å². The van der Waals surface area contributed by atoms with Crippen LogP contribution in [0.4, 0.5) is 0 Å². The summed E-state index contributed by atoms with van der Waals surface area (Å²) in [6.07, 6.45) is 0. The first-order chi connectivity index (χ1) is 7.81. The van der Waals surface area contributed by atoms with Crippen LogP contribution in [0.1, 0.15) is 41.5 Å². The lowest BCUT2D eigenvalue weighted by molar-refractivity contribution is 0.126. The molecular formula is C10H24O6P2. The van der Waals surface area contributed by atoms with Crippen LogP contribution >= 0.6 is 16.4 Å². The van der Waals surface area contributed by atoms with Crippen LogP contribution in [-0.4, -0.2) is 23.0 Å². The molecule has 2 N–H and O–H groups in total. The highest BCUT2D eigenvalue weighted by Crippen LogP contribution is 2.56. The highest BCUT2D eigenvalue weighted by molar-refractivity contribution is 7.58. The van der Waals surface area contributed by atoms with E-state index in [2.05, 4.69) is 4.31 Å². The Balaban J connectivity index is 4.12. The maximum absolute atomic E-state index is 11.5. The Labute approximate surface area is 110 Å². The molecule has 0 heterocycles. The lowest BCUT2D eigenvalue weighted by Gasteiger charge is -2.23. The van der Waals surface area contributed by atoms with Crippen molar-refractivity contribution in [3.63, 3.8) is 0 Å². The number of hydrogen-bond acceptors (Lipinski definition) is 5. The van der Waals surface area contributed by atoms with E-state index >= 15 is 0 Å². The molecule has 0 aliphatic rings. The Hall–Kier alpha value is 0.460. The Morgan fingerprint density at radius 1 is 1.06 bits per heavy atom. The minimum atomic E-state index is -4.27. The van der Waals surface area contributed by atoms with Gasteiger partial charge in [0.15, 0.2) is 0 Å². The van der Waals surface area contributed by atoms with Crippen LogP contribution in [-0.2, 0) is 17.9 Å². The van der Waals surface area contributed by atoms with E-state index in [1.807, 2.05) is 41.5 Å². The number of phosphoric acid groups is 1. The first-order valence-corrected chi connectivity index (χ1v) is 8.22. The van der Waals surface area contributed by atoms with Gasteiger partial charge < -0.3 is 14.3 Å². The third kappa shape index (κ3) is 11.5. The lowest BCUT2D eigenvalue weighted by atomic mass is 9.99. The van der Waals surface area contributed by atoms with Crippen molar-refractivity contribution >= 4 is 16.4 Å². The van der Waals surface area contributed by atoms with Crippen LogP contribution in [0.5, 0.6) is 0 Å². The average Bonchev–Trinajstić information content (AvgIpc) is 2.09. The van der Waals surface area contributed by atoms with Crippen LogP contribution in [0.25, 0.3) is 0 Å². The SMILES string of the molecule is CC(C)(C)COP(O)OP(=O)(O)OCC(C)(C)C. The van der Waals surface area contributed by atoms with Crippen molar-refractivity contribution in [2.75, 3.05) is 13.2 Å². The van der Waals surface area contributed by atoms with Crippen LogP contribution in [0, 0.1) is 10.8 Å². The summed E-state index contributed by atoms with van der Waals surface area (Å²) >= 11 is 0. The predicted octanol–water partition coefficient (Wildman–Crippen LogP) is 3.45. The summed E-state index contributed by atoms with van der Waals surface area (Å²) in [6, 6.07) is 0. The van der Waals surface area contributed by atoms with E-state index in [4.69, 9.17) is 9.05 Å². The molecule has 18 heavy (non-hydrogen) atoms. The topological polar surface area (TPSA) is 85.2 Å². The van der Waals surface area contributed by atoms with E-state index < -0.39 is 16.4 Å². The maximum atomic E-state index is 11.5. The zero-order chi connectivity index (χ0) is 14.6. The van der Waals surface area contributed by atoms with Crippen molar-refractivity contribution in [3.05, 3.63) is 0 Å². The molecule has 0 aliphatic heterocycles. The van der Waals surface area contributed by atoms with Gasteiger partial charge in [-0.2, -0.15) is 0 Å². The Morgan fingerprint density at radius 2 is 1.50 bits per heavy atom. The van der Waals surface area contributed by atoms with E-state index in [9.17, 15) is 14.4 Å². The zero-order valence-corrected chi connectivity index (χ0v) is 13.6. The molecule has 2 atom stereocenters. The number of hydrogen-bond donors (Lipinski definition) is 2. The second kappa shape index (κ2) is 6.76. The van der Waals surface area contributed by atoms with E-state index in [0.717, 1.165) is 0 Å². The molecule has 8 heteroatoms. The summed E-state index contributed by atoms with van der Waals surface area (Å²) in [7, 11) is -6.69. The maximum Gasteiger partial charge on any atom is 0.479 e. The zero-order valence-electron chi connectivity index (χ0n) is 11.8. The lowest BCUT2D eigenvalue weighted by Crippen LogP contribution is -2.14. The van der Waals surface area contributed by atoms with Gasteiger partial charge in [0.1, 0.15) is 0 Å². The minimum absolute atomic E-state index is 0.0449. The summed E-state index contributed by atoms with van der Waals surface area (Å²) in [5.74, 6) is 0. The van der Waals surface area contributed by atoms with Gasteiger partial charge >= 0.3 is 16.4 Å². The molecule has 0 bridgehead atoms. The Morgan fingerprint density at radius 3 is 1.89 bits per heavy atom. The summed E-state index contributed by atoms with van der Waals surface area (Å²) in [5, 5.41) is 0. The number of phosphoric ester groups is 1. The molecular weight excluding hydrogens is 278 g/mol. The molecule has 0 saturated carbocycles. The quantitative estimate of drug-likeness (QED) is 0.731. The summed E-state index contributed by atoms with van der Waals surface area (Å²) in [4.78, 5) is 18.8. The van der Waals surface area contributed by atoms with Crippen molar-refractivity contribution in [2.45, 2.75) is 41.5 Å². The molecule has 0 aromatic carbocycles. The van der Waals surface area contributed by atoms with E-state index in [0.29, 0.717) is 0 Å². The second-order valence-corrected chi connectivity index (χ2v) is 9.04.